The second-order valence-corrected chi connectivity index (χ2v) is 1.58. The Balaban J connectivity index is 3.80. The molecule has 0 rings (SSSR count). The van der Waals surface area contributed by atoms with Gasteiger partial charge < -0.3 is 0 Å². The van der Waals surface area contributed by atoms with Crippen molar-refractivity contribution in [3.8, 4) is 0 Å². The molecule has 0 heterocycles. The van der Waals surface area contributed by atoms with E-state index >= 15 is 0 Å². The van der Waals surface area contributed by atoms with Crippen molar-refractivity contribution in [2.75, 3.05) is 0 Å². The molecular weight excluding hydrogens is 104 g/mol. The zero-order valence-electron chi connectivity index (χ0n) is 5.10. The molecule has 0 aromatic rings. The lowest BCUT2D eigenvalue weighted by Gasteiger charge is -1.83. The highest BCUT2D eigenvalue weighted by molar-refractivity contribution is 5.85. The maximum atomic E-state index is 9.91. The van der Waals surface area contributed by atoms with Crippen LogP contribution in [0.4, 0.5) is 0 Å². The highest BCUT2D eigenvalue weighted by Gasteiger charge is 1.98. The number of rotatable bonds is 2. The summed E-state index contributed by atoms with van der Waals surface area (Å²) in [6, 6.07) is 0. The topological polar surface area (TPSA) is 37.0 Å². The van der Waals surface area contributed by atoms with Crippen molar-refractivity contribution in [3.63, 3.8) is 0 Å². The first-order chi connectivity index (χ1) is 3.68. The fourth-order valence-corrected chi connectivity index (χ4v) is 0.390. The second-order valence-electron chi connectivity index (χ2n) is 1.58. The van der Waals surface area contributed by atoms with Crippen molar-refractivity contribution in [2.24, 2.45) is 0 Å². The first kappa shape index (κ1) is 7.21. The third-order valence-corrected chi connectivity index (χ3v) is 0.832. The lowest BCUT2D eigenvalue weighted by Crippen LogP contribution is -1.92. The molecule has 1 radical (unpaired) electrons. The molecule has 0 fully saturated rings. The molecule has 0 aromatic carbocycles. The minimum Gasteiger partial charge on any atom is -0.242 e. The summed E-state index contributed by atoms with van der Waals surface area (Å²) in [5.74, 6) is -1.08. The summed E-state index contributed by atoms with van der Waals surface area (Å²) in [5.41, 5.74) is 0.313. The van der Waals surface area contributed by atoms with Gasteiger partial charge in [-0.25, -0.2) is 9.90 Å². The van der Waals surface area contributed by atoms with Crippen molar-refractivity contribution in [1.82, 2.24) is 0 Å². The Kier molecular flexibility index (Phi) is 2.92. The highest BCUT2D eigenvalue weighted by atomic mass is 16.4. The predicted octanol–water partition coefficient (Wildman–Crippen LogP) is 1.30. The van der Waals surface area contributed by atoms with Gasteiger partial charge in [-0.15, -0.1) is 0 Å². The molecule has 0 spiro atoms. The van der Waals surface area contributed by atoms with E-state index in [4.69, 9.17) is 0 Å². The van der Waals surface area contributed by atoms with Gasteiger partial charge in [-0.3, -0.25) is 0 Å². The van der Waals surface area contributed by atoms with Gasteiger partial charge in [-0.05, 0) is 13.3 Å². The van der Waals surface area contributed by atoms with Crippen LogP contribution in [0.25, 0.3) is 0 Å². The summed E-state index contributed by atoms with van der Waals surface area (Å²) in [7, 11) is 0. The minimum absolute atomic E-state index is 0.313. The van der Waals surface area contributed by atoms with Gasteiger partial charge in [0.15, 0.2) is 0 Å². The van der Waals surface area contributed by atoms with Crippen LogP contribution < -0.4 is 0 Å². The Hall–Kier alpha value is -0.790. The van der Waals surface area contributed by atoms with E-state index in [0.29, 0.717) is 5.57 Å². The first-order valence-corrected chi connectivity index (χ1v) is 2.56. The van der Waals surface area contributed by atoms with Crippen LogP contribution in [0.3, 0.4) is 0 Å². The van der Waals surface area contributed by atoms with Crippen LogP contribution in [0.1, 0.15) is 20.3 Å². The van der Waals surface area contributed by atoms with Crippen LogP contribution in [-0.4, -0.2) is 5.97 Å². The summed E-state index contributed by atoms with van der Waals surface area (Å²) in [6.07, 6.45) is 2.37. The van der Waals surface area contributed by atoms with Crippen molar-refractivity contribution < 1.29 is 9.90 Å². The number of carbonyl (C=O) groups is 1. The standard InChI is InChI=1S/C6H9O2/c1-3-4-5(2)6(7)8/h4H,3H2,1-2H3. The quantitative estimate of drug-likeness (QED) is 0.497. The molecule has 0 aliphatic carbocycles. The first-order valence-electron chi connectivity index (χ1n) is 2.56. The fraction of sp³-hybridized carbons (Fsp3) is 0.500. The van der Waals surface area contributed by atoms with E-state index in [1.54, 1.807) is 6.08 Å². The lowest BCUT2D eigenvalue weighted by molar-refractivity contribution is -0.138. The smallest absolute Gasteiger partial charge is 0.242 e. The monoisotopic (exact) mass is 113 g/mol. The van der Waals surface area contributed by atoms with Crippen LogP contribution in [-0.2, 0) is 9.90 Å². The van der Waals surface area contributed by atoms with Crippen LogP contribution >= 0.6 is 0 Å². The average Bonchev–Trinajstić information content (AvgIpc) is 1.67. The van der Waals surface area contributed by atoms with Gasteiger partial charge in [0.25, 0.3) is 0 Å². The van der Waals surface area contributed by atoms with Gasteiger partial charge in [-0.2, -0.15) is 0 Å². The van der Waals surface area contributed by atoms with Crippen molar-refractivity contribution in [3.05, 3.63) is 11.6 Å². The SMILES string of the molecule is CCC=C(C)C([O])=O. The molecule has 0 bridgehead atoms. The van der Waals surface area contributed by atoms with E-state index < -0.39 is 5.97 Å². The summed E-state index contributed by atoms with van der Waals surface area (Å²) in [6.45, 7) is 3.41. The molecular formula is C6H9O2. The Morgan fingerprint density at radius 3 is 2.25 bits per heavy atom. The lowest BCUT2D eigenvalue weighted by atomic mass is 10.2. The zero-order chi connectivity index (χ0) is 6.57. The summed E-state index contributed by atoms with van der Waals surface area (Å²) < 4.78 is 0. The summed E-state index contributed by atoms with van der Waals surface area (Å²) in [5, 5.41) is 9.91. The molecule has 0 amide bonds. The predicted molar refractivity (Wildman–Crippen MR) is 29.7 cm³/mol. The molecule has 2 nitrogen and oxygen atoms in total. The molecule has 0 saturated heterocycles. The highest BCUT2D eigenvalue weighted by Crippen LogP contribution is 1.93. The van der Waals surface area contributed by atoms with Crippen molar-refractivity contribution in [2.45, 2.75) is 20.3 Å². The van der Waals surface area contributed by atoms with E-state index in [2.05, 4.69) is 0 Å². The maximum absolute atomic E-state index is 9.91. The molecule has 2 heteroatoms. The molecule has 0 aliphatic rings. The Morgan fingerprint density at radius 1 is 1.62 bits per heavy atom. The van der Waals surface area contributed by atoms with E-state index in [0.717, 1.165) is 6.42 Å². The van der Waals surface area contributed by atoms with Gasteiger partial charge in [-0.1, -0.05) is 13.0 Å². The van der Waals surface area contributed by atoms with Gasteiger partial charge in [0.1, 0.15) is 0 Å². The van der Waals surface area contributed by atoms with E-state index in [9.17, 15) is 9.90 Å². The van der Waals surface area contributed by atoms with Gasteiger partial charge in [0.05, 0.1) is 0 Å². The molecule has 0 aliphatic heterocycles. The third kappa shape index (κ3) is 2.39. The second kappa shape index (κ2) is 3.24. The van der Waals surface area contributed by atoms with E-state index in [-0.39, 0.29) is 0 Å². The van der Waals surface area contributed by atoms with E-state index in [1.165, 1.54) is 6.92 Å². The maximum Gasteiger partial charge on any atom is 0.381 e. The van der Waals surface area contributed by atoms with Crippen LogP contribution in [0.5, 0.6) is 0 Å². The fourth-order valence-electron chi connectivity index (χ4n) is 0.390. The average molecular weight is 113 g/mol. The number of allylic oxidation sites excluding steroid dienone is 1. The van der Waals surface area contributed by atoms with Crippen LogP contribution in [0, 0.1) is 0 Å². The van der Waals surface area contributed by atoms with Crippen LogP contribution in [0.15, 0.2) is 11.6 Å². The summed E-state index contributed by atoms with van der Waals surface area (Å²) >= 11 is 0. The molecule has 0 saturated carbocycles. The minimum atomic E-state index is -1.08. The largest absolute Gasteiger partial charge is 0.381 e. The molecule has 0 atom stereocenters. The Bertz CT molecular complexity index is 114. The number of carbonyl (C=O) groups excluding carboxylic acids is 1. The molecule has 0 aromatic heterocycles. The number of hydrogen-bond donors (Lipinski definition) is 0. The van der Waals surface area contributed by atoms with Crippen LogP contribution in [0.2, 0.25) is 0 Å². The van der Waals surface area contributed by atoms with Crippen molar-refractivity contribution in [1.29, 1.82) is 0 Å². The molecule has 45 valence electrons. The normalized spacial score (nSPS) is 11.5. The Morgan fingerprint density at radius 2 is 2.12 bits per heavy atom. The number of hydrogen-bond acceptors (Lipinski definition) is 1. The van der Waals surface area contributed by atoms with Gasteiger partial charge >= 0.3 is 5.97 Å². The molecule has 0 unspecified atom stereocenters. The zero-order valence-corrected chi connectivity index (χ0v) is 5.10. The molecule has 8 heavy (non-hydrogen) atoms. The Labute approximate surface area is 48.8 Å². The van der Waals surface area contributed by atoms with Crippen molar-refractivity contribution >= 4 is 5.97 Å². The van der Waals surface area contributed by atoms with E-state index in [1.807, 2.05) is 6.92 Å². The van der Waals surface area contributed by atoms with Gasteiger partial charge in [0, 0.05) is 5.57 Å². The van der Waals surface area contributed by atoms with Gasteiger partial charge in [0.2, 0.25) is 0 Å². The molecule has 0 N–H and O–H groups in total. The summed E-state index contributed by atoms with van der Waals surface area (Å²) in [4.78, 5) is 9.91. The third-order valence-electron chi connectivity index (χ3n) is 0.832.